The first-order valence-electron chi connectivity index (χ1n) is 5.40. The molecule has 0 bridgehead atoms. The fraction of sp³-hybridized carbons (Fsp3) is 0.364. The molecule has 18 heavy (non-hydrogen) atoms. The molecule has 1 fully saturated rings. The number of carbonyl (C=O) groups excluding carboxylic acids is 1. The van der Waals surface area contributed by atoms with E-state index >= 15 is 0 Å². The maximum atomic E-state index is 11.3. The number of carboxylic acid groups (broad SMARTS) is 1. The van der Waals surface area contributed by atoms with E-state index in [9.17, 15) is 9.59 Å². The summed E-state index contributed by atoms with van der Waals surface area (Å²) in [4.78, 5) is 26.9. The van der Waals surface area contributed by atoms with Gasteiger partial charge in [-0.1, -0.05) is 12.7 Å². The number of aromatic carboxylic acids is 1. The minimum Gasteiger partial charge on any atom is -0.476 e. The lowest BCUT2D eigenvalue weighted by atomic mass is 10.3. The van der Waals surface area contributed by atoms with E-state index in [0.717, 1.165) is 17.7 Å². The van der Waals surface area contributed by atoms with Crippen molar-refractivity contribution in [1.82, 2.24) is 4.98 Å². The lowest BCUT2D eigenvalue weighted by molar-refractivity contribution is 0.0690. The lowest BCUT2D eigenvalue weighted by Crippen LogP contribution is -2.13. The second-order valence-corrected chi connectivity index (χ2v) is 4.85. The number of nitrogens with zero attached hydrogens (tertiary/aromatic N) is 1. The standard InChI is InChI=1S/C11H12N2O4S/c1-2-5-17-11(16)13-10-12-7(9(14)15)8(18-10)6-3-4-6/h2,6H,1,3-5H2,(H,14,15)(H,12,13,16). The molecule has 6 nitrogen and oxygen atoms in total. The summed E-state index contributed by atoms with van der Waals surface area (Å²) in [6, 6.07) is 0. The van der Waals surface area contributed by atoms with Gasteiger partial charge in [0.05, 0.1) is 0 Å². The average molecular weight is 268 g/mol. The minimum atomic E-state index is -1.07. The van der Waals surface area contributed by atoms with Gasteiger partial charge in [-0.15, -0.1) is 11.3 Å². The largest absolute Gasteiger partial charge is 0.476 e. The molecule has 1 amide bonds. The van der Waals surface area contributed by atoms with Crippen molar-refractivity contribution >= 4 is 28.5 Å². The summed E-state index contributed by atoms with van der Waals surface area (Å²) in [5, 5.41) is 11.7. The van der Waals surface area contributed by atoms with Crippen molar-refractivity contribution in [3.63, 3.8) is 0 Å². The van der Waals surface area contributed by atoms with Crippen LogP contribution in [0.3, 0.4) is 0 Å². The van der Waals surface area contributed by atoms with Crippen molar-refractivity contribution in [2.24, 2.45) is 0 Å². The summed E-state index contributed by atoms with van der Waals surface area (Å²) in [6.45, 7) is 3.51. The zero-order valence-electron chi connectivity index (χ0n) is 9.51. The van der Waals surface area contributed by atoms with E-state index in [2.05, 4.69) is 16.9 Å². The maximum Gasteiger partial charge on any atom is 0.413 e. The number of carboxylic acids is 1. The van der Waals surface area contributed by atoms with Gasteiger partial charge in [0, 0.05) is 4.88 Å². The van der Waals surface area contributed by atoms with Crippen molar-refractivity contribution < 1.29 is 19.4 Å². The van der Waals surface area contributed by atoms with Gasteiger partial charge >= 0.3 is 12.1 Å². The highest BCUT2D eigenvalue weighted by Crippen LogP contribution is 2.45. The molecule has 96 valence electrons. The first-order chi connectivity index (χ1) is 8.61. The average Bonchev–Trinajstić information content (AvgIpc) is 3.08. The lowest BCUT2D eigenvalue weighted by Gasteiger charge is -2.00. The normalized spacial score (nSPS) is 14.0. The van der Waals surface area contributed by atoms with Crippen molar-refractivity contribution in [3.05, 3.63) is 23.2 Å². The number of aromatic nitrogens is 1. The summed E-state index contributed by atoms with van der Waals surface area (Å²) in [6.07, 6.45) is 2.73. The van der Waals surface area contributed by atoms with Crippen LogP contribution in [-0.2, 0) is 4.74 Å². The number of carbonyl (C=O) groups is 2. The van der Waals surface area contributed by atoms with Crippen molar-refractivity contribution in [2.75, 3.05) is 11.9 Å². The van der Waals surface area contributed by atoms with E-state index in [4.69, 9.17) is 9.84 Å². The molecule has 7 heteroatoms. The Balaban J connectivity index is 2.09. The Morgan fingerprint density at radius 1 is 1.61 bits per heavy atom. The smallest absolute Gasteiger partial charge is 0.413 e. The maximum absolute atomic E-state index is 11.3. The molecule has 0 spiro atoms. The molecule has 1 aliphatic rings. The molecule has 1 aromatic rings. The molecule has 0 saturated heterocycles. The number of hydrogen-bond acceptors (Lipinski definition) is 5. The van der Waals surface area contributed by atoms with E-state index in [1.54, 1.807) is 0 Å². The minimum absolute atomic E-state index is 0.0292. The predicted molar refractivity (Wildman–Crippen MR) is 66.2 cm³/mol. The van der Waals surface area contributed by atoms with Gasteiger partial charge < -0.3 is 9.84 Å². The van der Waals surface area contributed by atoms with E-state index in [1.165, 1.54) is 17.4 Å². The Bertz CT molecular complexity index is 493. The Kier molecular flexibility index (Phi) is 3.61. The fourth-order valence-electron chi connectivity index (χ4n) is 1.42. The Morgan fingerprint density at radius 2 is 2.33 bits per heavy atom. The molecular weight excluding hydrogens is 256 g/mol. The predicted octanol–water partition coefficient (Wildman–Crippen LogP) is 2.45. The summed E-state index contributed by atoms with van der Waals surface area (Å²) >= 11 is 1.19. The van der Waals surface area contributed by atoms with Crippen LogP contribution >= 0.6 is 11.3 Å². The molecule has 0 atom stereocenters. The van der Waals surface area contributed by atoms with Gasteiger partial charge in [-0.3, -0.25) is 5.32 Å². The Morgan fingerprint density at radius 3 is 2.89 bits per heavy atom. The van der Waals surface area contributed by atoms with Crippen LogP contribution < -0.4 is 5.32 Å². The third-order valence-electron chi connectivity index (χ3n) is 2.35. The van der Waals surface area contributed by atoms with Crippen LogP contribution in [0.5, 0.6) is 0 Å². The summed E-state index contributed by atoms with van der Waals surface area (Å²) in [5.74, 6) is -0.797. The quantitative estimate of drug-likeness (QED) is 0.801. The molecule has 2 N–H and O–H groups in total. The molecule has 0 aliphatic heterocycles. The second kappa shape index (κ2) is 5.18. The zero-order chi connectivity index (χ0) is 13.1. The zero-order valence-corrected chi connectivity index (χ0v) is 10.3. The molecular formula is C11H12N2O4S. The number of amides is 1. The first kappa shape index (κ1) is 12.6. The first-order valence-corrected chi connectivity index (χ1v) is 6.22. The van der Waals surface area contributed by atoms with Crippen molar-refractivity contribution in [2.45, 2.75) is 18.8 Å². The van der Waals surface area contributed by atoms with Crippen LogP contribution in [0.15, 0.2) is 12.7 Å². The van der Waals surface area contributed by atoms with Gasteiger partial charge in [0.1, 0.15) is 6.61 Å². The molecule has 2 rings (SSSR count). The second-order valence-electron chi connectivity index (χ2n) is 3.82. The van der Waals surface area contributed by atoms with Crippen molar-refractivity contribution in [3.8, 4) is 0 Å². The monoisotopic (exact) mass is 268 g/mol. The molecule has 0 unspecified atom stereocenters. The Labute approximate surface area is 107 Å². The number of rotatable bonds is 5. The fourth-order valence-corrected chi connectivity index (χ4v) is 2.53. The topological polar surface area (TPSA) is 88.5 Å². The number of nitrogens with one attached hydrogen (secondary N) is 1. The van der Waals surface area contributed by atoms with E-state index in [0.29, 0.717) is 0 Å². The molecule has 1 aliphatic carbocycles. The van der Waals surface area contributed by atoms with Gasteiger partial charge in [0.25, 0.3) is 0 Å². The molecule has 1 saturated carbocycles. The SMILES string of the molecule is C=CCOC(=O)Nc1nc(C(=O)O)c(C2CC2)s1. The number of anilines is 1. The number of thiazole rings is 1. The highest BCUT2D eigenvalue weighted by atomic mass is 32.1. The third kappa shape index (κ3) is 2.86. The molecule has 1 heterocycles. The van der Waals surface area contributed by atoms with Crippen LogP contribution in [0, 0.1) is 0 Å². The van der Waals surface area contributed by atoms with Gasteiger partial charge in [-0.2, -0.15) is 0 Å². The van der Waals surface area contributed by atoms with E-state index in [-0.39, 0.29) is 23.4 Å². The van der Waals surface area contributed by atoms with Gasteiger partial charge in [-0.25, -0.2) is 14.6 Å². The highest BCUT2D eigenvalue weighted by Gasteiger charge is 2.32. The van der Waals surface area contributed by atoms with Gasteiger partial charge in [0.15, 0.2) is 10.8 Å². The van der Waals surface area contributed by atoms with Gasteiger partial charge in [0.2, 0.25) is 0 Å². The summed E-state index contributed by atoms with van der Waals surface area (Å²) < 4.78 is 4.73. The van der Waals surface area contributed by atoms with E-state index in [1.807, 2.05) is 0 Å². The van der Waals surface area contributed by atoms with Crippen LogP contribution in [-0.4, -0.2) is 28.8 Å². The molecule has 0 radical (unpaired) electrons. The van der Waals surface area contributed by atoms with Crippen LogP contribution in [0.25, 0.3) is 0 Å². The van der Waals surface area contributed by atoms with Crippen LogP contribution in [0.1, 0.15) is 34.1 Å². The Hall–Kier alpha value is -1.89. The summed E-state index contributed by atoms with van der Waals surface area (Å²) in [5.41, 5.74) is 0.0292. The van der Waals surface area contributed by atoms with Gasteiger partial charge in [-0.05, 0) is 18.8 Å². The van der Waals surface area contributed by atoms with E-state index < -0.39 is 12.1 Å². The summed E-state index contributed by atoms with van der Waals surface area (Å²) in [7, 11) is 0. The molecule has 1 aromatic heterocycles. The number of ether oxygens (including phenoxy) is 1. The highest BCUT2D eigenvalue weighted by molar-refractivity contribution is 7.16. The molecule has 0 aromatic carbocycles. The third-order valence-corrected chi connectivity index (χ3v) is 3.48. The van der Waals surface area contributed by atoms with Crippen LogP contribution in [0.4, 0.5) is 9.93 Å². The van der Waals surface area contributed by atoms with Crippen molar-refractivity contribution in [1.29, 1.82) is 0 Å². The van der Waals surface area contributed by atoms with Crippen LogP contribution in [0.2, 0.25) is 0 Å². The number of hydrogen-bond donors (Lipinski definition) is 2.